The van der Waals surface area contributed by atoms with Crippen molar-refractivity contribution in [3.8, 4) is 11.6 Å². The minimum Gasteiger partial charge on any atom is -0.461 e. The first kappa shape index (κ1) is 18.3. The smallest absolute Gasteiger partial charge is 0.231 e. The molecule has 1 N–H and O–H groups in total. The highest BCUT2D eigenvalue weighted by atomic mass is 32.2. The number of thioether (sulfide) groups is 1. The Bertz CT molecular complexity index is 694. The molecule has 2 rings (SSSR count). The van der Waals surface area contributed by atoms with Crippen molar-refractivity contribution in [3.05, 3.63) is 18.4 Å². The van der Waals surface area contributed by atoms with Gasteiger partial charge >= 0.3 is 0 Å². The van der Waals surface area contributed by atoms with Gasteiger partial charge in [0.05, 0.1) is 18.1 Å². The van der Waals surface area contributed by atoms with Crippen molar-refractivity contribution >= 4 is 23.5 Å². The summed E-state index contributed by atoms with van der Waals surface area (Å²) < 4.78 is 7.25. The molecule has 0 bridgehead atoms. The molecule has 24 heavy (non-hydrogen) atoms. The van der Waals surface area contributed by atoms with Crippen LogP contribution in [0.4, 0.5) is 0 Å². The van der Waals surface area contributed by atoms with Crippen LogP contribution in [-0.4, -0.2) is 38.2 Å². The molecule has 2 aromatic rings. The SMILES string of the molecule is CCn1c(SCC(=O)NC(C(C)=O)C(C)C)nnc1-c1ccco1. The van der Waals surface area contributed by atoms with Gasteiger partial charge in [-0.2, -0.15) is 0 Å². The van der Waals surface area contributed by atoms with Gasteiger partial charge in [-0.05, 0) is 31.9 Å². The van der Waals surface area contributed by atoms with Crippen LogP contribution in [0.1, 0.15) is 27.7 Å². The molecule has 0 saturated carbocycles. The molecule has 1 atom stereocenters. The Balaban J connectivity index is 2.02. The third kappa shape index (κ3) is 4.25. The predicted octanol–water partition coefficient (Wildman–Crippen LogP) is 2.38. The van der Waals surface area contributed by atoms with E-state index in [0.717, 1.165) is 0 Å². The van der Waals surface area contributed by atoms with Gasteiger partial charge in [-0.3, -0.25) is 14.2 Å². The molecular weight excluding hydrogens is 328 g/mol. The molecule has 0 saturated heterocycles. The van der Waals surface area contributed by atoms with Gasteiger partial charge in [0.1, 0.15) is 0 Å². The summed E-state index contributed by atoms with van der Waals surface area (Å²) in [4.78, 5) is 23.7. The Morgan fingerprint density at radius 1 is 1.38 bits per heavy atom. The molecular formula is C16H22N4O3S. The van der Waals surface area contributed by atoms with Crippen molar-refractivity contribution in [1.29, 1.82) is 0 Å². The molecule has 130 valence electrons. The first-order valence-corrected chi connectivity index (χ1v) is 8.82. The van der Waals surface area contributed by atoms with Gasteiger partial charge in [0.2, 0.25) is 5.91 Å². The number of hydrogen-bond donors (Lipinski definition) is 1. The molecule has 0 aliphatic carbocycles. The number of carbonyl (C=O) groups is 2. The number of nitrogens with zero attached hydrogens (tertiary/aromatic N) is 3. The second kappa shape index (κ2) is 8.14. The first-order chi connectivity index (χ1) is 11.4. The molecule has 0 aliphatic heterocycles. The van der Waals surface area contributed by atoms with Crippen LogP contribution >= 0.6 is 11.8 Å². The summed E-state index contributed by atoms with van der Waals surface area (Å²) in [7, 11) is 0. The predicted molar refractivity (Wildman–Crippen MR) is 91.6 cm³/mol. The van der Waals surface area contributed by atoms with E-state index < -0.39 is 6.04 Å². The number of rotatable bonds is 8. The number of aromatic nitrogens is 3. The van der Waals surface area contributed by atoms with E-state index in [4.69, 9.17) is 4.42 Å². The lowest BCUT2D eigenvalue weighted by Crippen LogP contribution is -2.44. The third-order valence-electron chi connectivity index (χ3n) is 3.53. The zero-order valence-electron chi connectivity index (χ0n) is 14.3. The van der Waals surface area contributed by atoms with Crippen molar-refractivity contribution < 1.29 is 14.0 Å². The lowest BCUT2D eigenvalue weighted by atomic mass is 10.0. The third-order valence-corrected chi connectivity index (χ3v) is 4.49. The highest BCUT2D eigenvalue weighted by molar-refractivity contribution is 7.99. The van der Waals surface area contributed by atoms with Gasteiger partial charge in [-0.1, -0.05) is 25.6 Å². The van der Waals surface area contributed by atoms with Gasteiger partial charge in [0, 0.05) is 6.54 Å². The lowest BCUT2D eigenvalue weighted by molar-refractivity contribution is -0.126. The van der Waals surface area contributed by atoms with E-state index in [2.05, 4.69) is 15.5 Å². The minimum absolute atomic E-state index is 0.0415. The fourth-order valence-corrected chi connectivity index (χ4v) is 3.17. The van der Waals surface area contributed by atoms with Crippen molar-refractivity contribution in [2.24, 2.45) is 5.92 Å². The van der Waals surface area contributed by atoms with E-state index in [1.54, 1.807) is 12.3 Å². The van der Waals surface area contributed by atoms with Gasteiger partial charge in [0.25, 0.3) is 0 Å². The summed E-state index contributed by atoms with van der Waals surface area (Å²) in [5.74, 6) is 1.26. The van der Waals surface area contributed by atoms with E-state index in [0.29, 0.717) is 23.3 Å². The normalized spacial score (nSPS) is 12.4. The Morgan fingerprint density at radius 3 is 2.67 bits per heavy atom. The molecule has 2 aromatic heterocycles. The zero-order valence-corrected chi connectivity index (χ0v) is 15.1. The van der Waals surface area contributed by atoms with Crippen LogP contribution in [0.3, 0.4) is 0 Å². The number of Topliss-reactive ketones (excluding diaryl/α,β-unsaturated/α-hetero) is 1. The quantitative estimate of drug-likeness (QED) is 0.735. The van der Waals surface area contributed by atoms with E-state index in [1.165, 1.54) is 18.7 Å². The Hall–Kier alpha value is -2.09. The van der Waals surface area contributed by atoms with E-state index in [9.17, 15) is 9.59 Å². The molecule has 0 spiro atoms. The monoisotopic (exact) mass is 350 g/mol. The maximum atomic E-state index is 12.1. The lowest BCUT2D eigenvalue weighted by Gasteiger charge is -2.19. The number of amides is 1. The van der Waals surface area contributed by atoms with Gasteiger partial charge in [0.15, 0.2) is 22.5 Å². The summed E-state index contributed by atoms with van der Waals surface area (Å²) >= 11 is 1.29. The Morgan fingerprint density at radius 2 is 2.12 bits per heavy atom. The average Bonchev–Trinajstić information content (AvgIpc) is 3.18. The van der Waals surface area contributed by atoms with Crippen molar-refractivity contribution in [2.75, 3.05) is 5.75 Å². The number of furan rings is 1. The summed E-state index contributed by atoms with van der Waals surface area (Å²) in [6, 6.07) is 3.15. The standard InChI is InChI=1S/C16H22N4O3S/c1-5-20-15(12-7-6-8-23-12)18-19-16(20)24-9-13(22)17-14(10(2)3)11(4)21/h6-8,10,14H,5,9H2,1-4H3,(H,17,22). The molecule has 1 unspecified atom stereocenters. The summed E-state index contributed by atoms with van der Waals surface area (Å²) in [5, 5.41) is 11.7. The molecule has 0 aliphatic rings. The van der Waals surface area contributed by atoms with Crippen LogP contribution in [0.2, 0.25) is 0 Å². The van der Waals surface area contributed by atoms with Crippen molar-refractivity contribution in [1.82, 2.24) is 20.1 Å². The molecule has 0 aromatic carbocycles. The van der Waals surface area contributed by atoms with Gasteiger partial charge in [-0.25, -0.2) is 0 Å². The summed E-state index contributed by atoms with van der Waals surface area (Å²) in [6.45, 7) is 7.94. The molecule has 7 nitrogen and oxygen atoms in total. The molecule has 0 radical (unpaired) electrons. The van der Waals surface area contributed by atoms with Crippen LogP contribution < -0.4 is 5.32 Å². The first-order valence-electron chi connectivity index (χ1n) is 7.83. The number of carbonyl (C=O) groups excluding carboxylic acids is 2. The highest BCUT2D eigenvalue weighted by Gasteiger charge is 2.21. The number of ketones is 1. The van der Waals surface area contributed by atoms with Crippen LogP contribution in [0.5, 0.6) is 0 Å². The number of hydrogen-bond acceptors (Lipinski definition) is 6. The Labute approximate surface area is 145 Å². The van der Waals surface area contributed by atoms with Gasteiger partial charge in [-0.15, -0.1) is 10.2 Å². The van der Waals surface area contributed by atoms with Crippen molar-refractivity contribution in [2.45, 2.75) is 45.4 Å². The Kier molecular flexibility index (Phi) is 6.19. The summed E-state index contributed by atoms with van der Waals surface area (Å²) in [5.41, 5.74) is 0. The second-order valence-corrected chi connectivity index (χ2v) is 6.66. The highest BCUT2D eigenvalue weighted by Crippen LogP contribution is 2.24. The van der Waals surface area contributed by atoms with Crippen molar-refractivity contribution in [3.63, 3.8) is 0 Å². The fourth-order valence-electron chi connectivity index (χ4n) is 2.35. The van der Waals surface area contributed by atoms with E-state index in [1.807, 2.05) is 31.4 Å². The van der Waals surface area contributed by atoms with Crippen LogP contribution in [0, 0.1) is 5.92 Å². The largest absolute Gasteiger partial charge is 0.461 e. The number of nitrogens with one attached hydrogen (secondary N) is 1. The van der Waals surface area contributed by atoms with Crippen LogP contribution in [-0.2, 0) is 16.1 Å². The fraction of sp³-hybridized carbons (Fsp3) is 0.500. The maximum absolute atomic E-state index is 12.1. The molecule has 2 heterocycles. The van der Waals surface area contributed by atoms with E-state index >= 15 is 0 Å². The molecule has 1 amide bonds. The molecule has 0 fully saturated rings. The van der Waals surface area contributed by atoms with Crippen LogP contribution in [0.25, 0.3) is 11.6 Å². The molecule has 8 heteroatoms. The summed E-state index contributed by atoms with van der Waals surface area (Å²) in [6.07, 6.45) is 1.58. The minimum atomic E-state index is -0.458. The topological polar surface area (TPSA) is 90.0 Å². The maximum Gasteiger partial charge on any atom is 0.231 e. The second-order valence-electron chi connectivity index (χ2n) is 5.72. The van der Waals surface area contributed by atoms with Crippen LogP contribution in [0.15, 0.2) is 28.0 Å². The zero-order chi connectivity index (χ0) is 17.7. The van der Waals surface area contributed by atoms with Gasteiger partial charge < -0.3 is 9.73 Å². The van der Waals surface area contributed by atoms with E-state index in [-0.39, 0.29) is 23.4 Å². The average molecular weight is 350 g/mol.